The number of aryl methyl sites for hydroxylation is 2. The van der Waals surface area contributed by atoms with Crippen LogP contribution in [0.5, 0.6) is 0 Å². The molecule has 1 aliphatic rings. The first-order valence-electron chi connectivity index (χ1n) is 5.58. The second-order valence-corrected chi connectivity index (χ2v) is 4.12. The molecule has 1 aliphatic heterocycles. The molecule has 0 saturated carbocycles. The van der Waals surface area contributed by atoms with Gasteiger partial charge in [-0.3, -0.25) is 0 Å². The second-order valence-electron chi connectivity index (χ2n) is 4.12. The van der Waals surface area contributed by atoms with Gasteiger partial charge in [-0.25, -0.2) is 0 Å². The molecule has 0 bridgehead atoms. The number of hydrogen-bond donors (Lipinski definition) is 2. The lowest BCUT2D eigenvalue weighted by Crippen LogP contribution is -2.32. The minimum atomic E-state index is 0.241. The van der Waals surface area contributed by atoms with Gasteiger partial charge in [0.1, 0.15) is 11.6 Å². The highest BCUT2D eigenvalue weighted by molar-refractivity contribution is 5.01. The summed E-state index contributed by atoms with van der Waals surface area (Å²) >= 11 is 0. The Bertz CT molecular complexity index is 323. The van der Waals surface area contributed by atoms with E-state index < -0.39 is 0 Å². The molecule has 0 aliphatic carbocycles. The number of nitrogens with zero attached hydrogens (tertiary/aromatic N) is 3. The summed E-state index contributed by atoms with van der Waals surface area (Å²) in [6.45, 7) is 1.09. The monoisotopic (exact) mass is 210 g/mol. The van der Waals surface area contributed by atoms with Crippen molar-refractivity contribution in [3.8, 4) is 0 Å². The minimum absolute atomic E-state index is 0.241. The number of hydrogen-bond acceptors (Lipinski definition) is 4. The van der Waals surface area contributed by atoms with Crippen molar-refractivity contribution >= 4 is 0 Å². The van der Waals surface area contributed by atoms with Crippen LogP contribution in [-0.2, 0) is 19.4 Å². The molecule has 0 radical (unpaired) electrons. The lowest BCUT2D eigenvalue weighted by Gasteiger charge is -2.20. The van der Waals surface area contributed by atoms with Crippen LogP contribution < -0.4 is 5.73 Å². The Balaban J connectivity index is 2.02. The zero-order chi connectivity index (χ0) is 10.7. The third kappa shape index (κ3) is 2.35. The second kappa shape index (κ2) is 4.72. The van der Waals surface area contributed by atoms with E-state index in [4.69, 9.17) is 10.8 Å². The van der Waals surface area contributed by atoms with Crippen molar-refractivity contribution in [2.24, 2.45) is 5.73 Å². The Labute approximate surface area is 89.3 Å². The summed E-state index contributed by atoms with van der Waals surface area (Å²) in [5, 5.41) is 17.1. The highest BCUT2D eigenvalue weighted by atomic mass is 16.2. The molecule has 0 aromatic carbocycles. The van der Waals surface area contributed by atoms with Crippen LogP contribution in [-0.4, -0.2) is 32.5 Å². The van der Waals surface area contributed by atoms with Crippen molar-refractivity contribution < 1.29 is 5.11 Å². The molecule has 0 spiro atoms. The smallest absolute Gasteiger partial charge is 0.133 e. The van der Waals surface area contributed by atoms with Gasteiger partial charge in [0.05, 0.1) is 0 Å². The van der Waals surface area contributed by atoms with Crippen LogP contribution in [0.3, 0.4) is 0 Å². The number of aromatic nitrogens is 3. The molecule has 3 N–H and O–H groups in total. The van der Waals surface area contributed by atoms with Gasteiger partial charge in [-0.05, 0) is 19.3 Å². The maximum atomic E-state index is 8.71. The standard InChI is InChI=1S/C10H18N4O/c11-8-4-5-10-13-12-9(14(10)7-8)3-1-2-6-15/h8,15H,1-7,11H2. The fraction of sp³-hybridized carbons (Fsp3) is 0.800. The van der Waals surface area contributed by atoms with Crippen molar-refractivity contribution in [3.05, 3.63) is 11.6 Å². The van der Waals surface area contributed by atoms with Gasteiger partial charge < -0.3 is 15.4 Å². The van der Waals surface area contributed by atoms with E-state index in [1.165, 1.54) is 0 Å². The van der Waals surface area contributed by atoms with Crippen LogP contribution >= 0.6 is 0 Å². The molecule has 0 fully saturated rings. The quantitative estimate of drug-likeness (QED) is 0.678. The summed E-state index contributed by atoms with van der Waals surface area (Å²) in [4.78, 5) is 0. The Kier molecular flexibility index (Phi) is 3.33. The van der Waals surface area contributed by atoms with Crippen LogP contribution in [0.25, 0.3) is 0 Å². The summed E-state index contributed by atoms with van der Waals surface area (Å²) in [6, 6.07) is 0.241. The molecule has 2 heterocycles. The lowest BCUT2D eigenvalue weighted by molar-refractivity contribution is 0.284. The van der Waals surface area contributed by atoms with Gasteiger partial charge in [0.25, 0.3) is 0 Å². The summed E-state index contributed by atoms with van der Waals surface area (Å²) < 4.78 is 2.14. The van der Waals surface area contributed by atoms with Gasteiger partial charge in [0.15, 0.2) is 0 Å². The van der Waals surface area contributed by atoms with Crippen molar-refractivity contribution in [1.29, 1.82) is 0 Å². The Morgan fingerprint density at radius 2 is 2.27 bits per heavy atom. The van der Waals surface area contributed by atoms with E-state index in [-0.39, 0.29) is 12.6 Å². The van der Waals surface area contributed by atoms with E-state index in [2.05, 4.69) is 14.8 Å². The predicted octanol–water partition coefficient (Wildman–Crippen LogP) is -0.133. The number of unbranched alkanes of at least 4 members (excludes halogenated alkanes) is 1. The highest BCUT2D eigenvalue weighted by Crippen LogP contribution is 2.14. The van der Waals surface area contributed by atoms with Crippen LogP contribution in [0.1, 0.15) is 30.9 Å². The van der Waals surface area contributed by atoms with Crippen LogP contribution in [0, 0.1) is 0 Å². The van der Waals surface area contributed by atoms with Crippen LogP contribution in [0.15, 0.2) is 0 Å². The van der Waals surface area contributed by atoms with Crippen LogP contribution in [0.4, 0.5) is 0 Å². The molecular weight excluding hydrogens is 192 g/mol. The van der Waals surface area contributed by atoms with E-state index in [1.807, 2.05) is 0 Å². The van der Waals surface area contributed by atoms with Crippen molar-refractivity contribution in [2.75, 3.05) is 6.61 Å². The maximum Gasteiger partial charge on any atom is 0.133 e. The summed E-state index contributed by atoms with van der Waals surface area (Å²) in [6.07, 6.45) is 4.63. The van der Waals surface area contributed by atoms with Crippen molar-refractivity contribution in [1.82, 2.24) is 14.8 Å². The largest absolute Gasteiger partial charge is 0.396 e. The molecule has 1 unspecified atom stereocenters. The van der Waals surface area contributed by atoms with Crippen molar-refractivity contribution in [2.45, 2.75) is 44.7 Å². The molecule has 15 heavy (non-hydrogen) atoms. The molecule has 1 atom stereocenters. The first-order chi connectivity index (χ1) is 7.31. The van der Waals surface area contributed by atoms with Crippen molar-refractivity contribution in [3.63, 3.8) is 0 Å². The molecular formula is C10H18N4O. The van der Waals surface area contributed by atoms with Gasteiger partial charge in [0.2, 0.25) is 0 Å². The lowest BCUT2D eigenvalue weighted by atomic mass is 10.1. The third-order valence-electron chi connectivity index (χ3n) is 2.87. The number of aliphatic hydroxyl groups excluding tert-OH is 1. The van der Waals surface area contributed by atoms with Gasteiger partial charge in [0, 0.05) is 32.0 Å². The average molecular weight is 210 g/mol. The van der Waals surface area contributed by atoms with E-state index in [0.717, 1.165) is 50.3 Å². The molecule has 0 saturated heterocycles. The fourth-order valence-electron chi connectivity index (χ4n) is 1.99. The predicted molar refractivity (Wildman–Crippen MR) is 56.3 cm³/mol. The molecule has 5 nitrogen and oxygen atoms in total. The molecule has 0 amide bonds. The van der Waals surface area contributed by atoms with Crippen LogP contribution in [0.2, 0.25) is 0 Å². The first kappa shape index (κ1) is 10.6. The third-order valence-corrected chi connectivity index (χ3v) is 2.87. The topological polar surface area (TPSA) is 77.0 Å². The number of aliphatic hydroxyl groups is 1. The van der Waals surface area contributed by atoms with Gasteiger partial charge in [-0.2, -0.15) is 0 Å². The summed E-state index contributed by atoms with van der Waals surface area (Å²) in [5.74, 6) is 2.09. The average Bonchev–Trinajstić information content (AvgIpc) is 2.62. The SMILES string of the molecule is NC1CCc2nnc(CCCCO)n2C1. The molecule has 2 rings (SSSR count). The molecule has 84 valence electrons. The Hall–Kier alpha value is -0.940. The summed E-state index contributed by atoms with van der Waals surface area (Å²) in [7, 11) is 0. The zero-order valence-corrected chi connectivity index (χ0v) is 8.89. The Morgan fingerprint density at radius 3 is 3.07 bits per heavy atom. The molecule has 1 aromatic rings. The van der Waals surface area contributed by atoms with E-state index >= 15 is 0 Å². The number of rotatable bonds is 4. The van der Waals surface area contributed by atoms with E-state index in [0.29, 0.717) is 0 Å². The number of fused-ring (bicyclic) bond motifs is 1. The Morgan fingerprint density at radius 1 is 1.40 bits per heavy atom. The minimum Gasteiger partial charge on any atom is -0.396 e. The van der Waals surface area contributed by atoms with E-state index in [1.54, 1.807) is 0 Å². The van der Waals surface area contributed by atoms with Gasteiger partial charge in [-0.15, -0.1) is 10.2 Å². The molecule has 1 aromatic heterocycles. The normalized spacial score (nSPS) is 20.3. The summed E-state index contributed by atoms with van der Waals surface area (Å²) in [5.41, 5.74) is 5.92. The fourth-order valence-corrected chi connectivity index (χ4v) is 1.99. The zero-order valence-electron chi connectivity index (χ0n) is 8.89. The molecule has 5 heteroatoms. The van der Waals surface area contributed by atoms with Gasteiger partial charge >= 0.3 is 0 Å². The number of nitrogens with two attached hydrogens (primary N) is 1. The van der Waals surface area contributed by atoms with Gasteiger partial charge in [-0.1, -0.05) is 0 Å². The maximum absolute atomic E-state index is 8.71. The highest BCUT2D eigenvalue weighted by Gasteiger charge is 2.19. The first-order valence-corrected chi connectivity index (χ1v) is 5.58. The van der Waals surface area contributed by atoms with E-state index in [9.17, 15) is 0 Å².